The van der Waals surface area contributed by atoms with Crippen LogP contribution in [0.25, 0.3) is 11.1 Å². The summed E-state index contributed by atoms with van der Waals surface area (Å²) >= 11 is 0. The average molecular weight is 432 g/mol. The van der Waals surface area contributed by atoms with Crippen LogP contribution < -0.4 is 5.73 Å². The van der Waals surface area contributed by atoms with Crippen molar-refractivity contribution in [1.29, 1.82) is 0 Å². The number of amides is 1. The molecule has 5 rings (SSSR count). The van der Waals surface area contributed by atoms with Crippen LogP contribution >= 0.6 is 0 Å². The molecule has 2 saturated heterocycles. The summed E-state index contributed by atoms with van der Waals surface area (Å²) in [6.07, 6.45) is 1.40. The van der Waals surface area contributed by atoms with Crippen LogP contribution in [0, 0.1) is 23.4 Å². The van der Waals surface area contributed by atoms with Crippen molar-refractivity contribution >= 4 is 6.09 Å². The molecule has 1 amide bonds. The highest BCUT2D eigenvalue weighted by Crippen LogP contribution is 2.44. The maximum atomic E-state index is 15.4. The van der Waals surface area contributed by atoms with Crippen LogP contribution in [0.4, 0.5) is 18.0 Å². The van der Waals surface area contributed by atoms with Crippen LogP contribution in [0.5, 0.6) is 0 Å². The third kappa shape index (κ3) is 4.28. The Morgan fingerprint density at radius 3 is 2.39 bits per heavy atom. The van der Waals surface area contributed by atoms with Gasteiger partial charge in [-0.3, -0.25) is 0 Å². The van der Waals surface area contributed by atoms with Crippen molar-refractivity contribution in [3.63, 3.8) is 0 Å². The molecule has 2 unspecified atom stereocenters. The van der Waals surface area contributed by atoms with Gasteiger partial charge >= 0.3 is 6.09 Å². The summed E-state index contributed by atoms with van der Waals surface area (Å²) in [5, 5.41) is 0. The molecule has 0 radical (unpaired) electrons. The maximum absolute atomic E-state index is 15.4. The number of fused-ring (bicyclic) bond motifs is 2. The summed E-state index contributed by atoms with van der Waals surface area (Å²) in [7, 11) is 0. The SMILES string of the molecule is CC(C)(C)OC(=O)N1C2CC(C2)C(N)C1Cc1cccc(-c2cc(F)cc(F)c2)c1F. The van der Waals surface area contributed by atoms with Crippen molar-refractivity contribution in [1.82, 2.24) is 4.90 Å². The van der Waals surface area contributed by atoms with Crippen LogP contribution in [0.2, 0.25) is 0 Å². The predicted molar refractivity (Wildman–Crippen MR) is 112 cm³/mol. The number of halogens is 3. The normalized spacial score (nSPS) is 25.2. The third-order valence-corrected chi connectivity index (χ3v) is 6.17. The molecule has 1 saturated carbocycles. The molecule has 166 valence electrons. The quantitative estimate of drug-likeness (QED) is 0.740. The van der Waals surface area contributed by atoms with Gasteiger partial charge in [-0.2, -0.15) is 0 Å². The lowest BCUT2D eigenvalue weighted by molar-refractivity contribution is -0.0619. The second-order valence-electron chi connectivity index (χ2n) is 9.56. The van der Waals surface area contributed by atoms with E-state index < -0.39 is 35.2 Å². The van der Waals surface area contributed by atoms with Crippen LogP contribution in [-0.2, 0) is 11.2 Å². The third-order valence-electron chi connectivity index (χ3n) is 6.17. The minimum Gasteiger partial charge on any atom is -0.444 e. The van der Waals surface area contributed by atoms with Gasteiger partial charge in [0.15, 0.2) is 0 Å². The van der Waals surface area contributed by atoms with E-state index in [2.05, 4.69) is 0 Å². The Kier molecular flexibility index (Phi) is 5.50. The largest absolute Gasteiger partial charge is 0.444 e. The Balaban J connectivity index is 1.65. The fourth-order valence-corrected chi connectivity index (χ4v) is 4.67. The number of hydrogen-bond donors (Lipinski definition) is 1. The summed E-state index contributed by atoms with van der Waals surface area (Å²) in [6.45, 7) is 5.40. The van der Waals surface area contributed by atoms with Crippen LogP contribution in [-0.4, -0.2) is 34.7 Å². The summed E-state index contributed by atoms with van der Waals surface area (Å²) in [5.74, 6) is -1.82. The van der Waals surface area contributed by atoms with E-state index in [1.807, 2.05) is 0 Å². The number of nitrogens with zero attached hydrogens (tertiary/aromatic N) is 1. The Morgan fingerprint density at radius 1 is 1.13 bits per heavy atom. The molecule has 3 aliphatic rings. The topological polar surface area (TPSA) is 55.6 Å². The van der Waals surface area contributed by atoms with Gasteiger partial charge in [0.2, 0.25) is 0 Å². The van der Waals surface area contributed by atoms with Gasteiger partial charge in [0.05, 0.1) is 6.04 Å². The fourth-order valence-electron chi connectivity index (χ4n) is 4.67. The number of ether oxygens (including phenoxy) is 1. The number of nitrogens with two attached hydrogens (primary N) is 1. The fraction of sp³-hybridized carbons (Fsp3) is 0.458. The average Bonchev–Trinajstić information content (AvgIpc) is 2.61. The second-order valence-corrected chi connectivity index (χ2v) is 9.56. The smallest absolute Gasteiger partial charge is 0.410 e. The van der Waals surface area contributed by atoms with Gasteiger partial charge in [-0.25, -0.2) is 18.0 Å². The lowest BCUT2D eigenvalue weighted by atomic mass is 9.67. The molecular formula is C24H27F3N2O2. The minimum absolute atomic E-state index is 0.0354. The van der Waals surface area contributed by atoms with E-state index in [1.165, 1.54) is 6.07 Å². The second kappa shape index (κ2) is 7.86. The van der Waals surface area contributed by atoms with Gasteiger partial charge in [0, 0.05) is 23.7 Å². The Hall–Kier alpha value is -2.54. The van der Waals surface area contributed by atoms with Crippen LogP contribution in [0.15, 0.2) is 36.4 Å². The number of hydrogen-bond acceptors (Lipinski definition) is 3. The number of carbonyl (C=O) groups is 1. The first kappa shape index (κ1) is 21.7. The summed E-state index contributed by atoms with van der Waals surface area (Å²) in [5.41, 5.74) is 6.39. The molecule has 31 heavy (non-hydrogen) atoms. The van der Waals surface area contributed by atoms with E-state index in [-0.39, 0.29) is 35.5 Å². The van der Waals surface area contributed by atoms with Gasteiger partial charge < -0.3 is 15.4 Å². The standard InChI is InChI=1S/C24H27F3N2O2/c1-24(2,3)31-23(30)29-18-9-15(10-18)22(28)20(29)11-13-5-4-6-19(21(13)27)14-7-16(25)12-17(26)8-14/h4-8,12,15,18,20,22H,9-11,28H2,1-3H3. The van der Waals surface area contributed by atoms with Crippen LogP contribution in [0.1, 0.15) is 39.2 Å². The van der Waals surface area contributed by atoms with Crippen molar-refractivity contribution in [2.24, 2.45) is 11.7 Å². The van der Waals surface area contributed by atoms with Gasteiger partial charge in [0.25, 0.3) is 0 Å². The zero-order valence-corrected chi connectivity index (χ0v) is 17.9. The van der Waals surface area contributed by atoms with Crippen molar-refractivity contribution < 1.29 is 22.7 Å². The maximum Gasteiger partial charge on any atom is 0.410 e. The van der Waals surface area contributed by atoms with E-state index in [0.29, 0.717) is 5.56 Å². The van der Waals surface area contributed by atoms with Crippen molar-refractivity contribution in [3.8, 4) is 11.1 Å². The molecule has 2 N–H and O–H groups in total. The number of carbonyl (C=O) groups excluding carboxylic acids is 1. The van der Waals surface area contributed by atoms with Crippen molar-refractivity contribution in [3.05, 3.63) is 59.4 Å². The predicted octanol–water partition coefficient (Wildman–Crippen LogP) is 5.04. The molecule has 0 spiro atoms. The van der Waals surface area contributed by atoms with E-state index >= 15 is 4.39 Å². The molecule has 0 aromatic heterocycles. The minimum atomic E-state index is -0.773. The zero-order chi connectivity index (χ0) is 22.5. The number of rotatable bonds is 3. The highest BCUT2D eigenvalue weighted by Gasteiger charge is 2.52. The molecule has 2 aromatic rings. The molecule has 2 aromatic carbocycles. The zero-order valence-electron chi connectivity index (χ0n) is 17.9. The van der Waals surface area contributed by atoms with Gasteiger partial charge in [-0.05, 0) is 69.2 Å². The first-order valence-electron chi connectivity index (χ1n) is 10.5. The molecule has 1 aliphatic carbocycles. The van der Waals surface area contributed by atoms with Crippen LogP contribution in [0.3, 0.4) is 0 Å². The first-order valence-corrected chi connectivity index (χ1v) is 10.5. The first-order chi connectivity index (χ1) is 14.5. The highest BCUT2D eigenvalue weighted by molar-refractivity contribution is 5.70. The Labute approximate surface area is 180 Å². The summed E-state index contributed by atoms with van der Waals surface area (Å²) < 4.78 is 48.3. The molecule has 2 atom stereocenters. The Morgan fingerprint density at radius 2 is 1.77 bits per heavy atom. The highest BCUT2D eigenvalue weighted by atomic mass is 19.1. The molecule has 2 bridgehead atoms. The van der Waals surface area contributed by atoms with Gasteiger partial charge in [-0.1, -0.05) is 18.2 Å². The Bertz CT molecular complexity index is 979. The lowest BCUT2D eigenvalue weighted by Crippen LogP contribution is -2.69. The van der Waals surface area contributed by atoms with E-state index in [4.69, 9.17) is 10.5 Å². The summed E-state index contributed by atoms with van der Waals surface area (Å²) in [6, 6.07) is 7.01. The van der Waals surface area contributed by atoms with Crippen molar-refractivity contribution in [2.75, 3.05) is 0 Å². The van der Waals surface area contributed by atoms with Gasteiger partial charge in [-0.15, -0.1) is 0 Å². The summed E-state index contributed by atoms with van der Waals surface area (Å²) in [4.78, 5) is 14.6. The monoisotopic (exact) mass is 432 g/mol. The molecule has 2 aliphatic heterocycles. The van der Waals surface area contributed by atoms with E-state index in [1.54, 1.807) is 37.8 Å². The number of benzene rings is 2. The van der Waals surface area contributed by atoms with Gasteiger partial charge in [0.1, 0.15) is 23.1 Å². The van der Waals surface area contributed by atoms with E-state index in [9.17, 15) is 13.6 Å². The van der Waals surface area contributed by atoms with Crippen molar-refractivity contribution in [2.45, 2.75) is 63.8 Å². The molecule has 2 heterocycles. The molecular weight excluding hydrogens is 405 g/mol. The van der Waals surface area contributed by atoms with E-state index in [0.717, 1.165) is 31.0 Å². The molecule has 3 fully saturated rings. The molecule has 4 nitrogen and oxygen atoms in total. The lowest BCUT2D eigenvalue weighted by Gasteiger charge is -2.56. The molecule has 7 heteroatoms. The number of piperidine rings is 2.